The lowest BCUT2D eigenvalue weighted by atomic mass is 9.92. The van der Waals surface area contributed by atoms with Gasteiger partial charge in [-0.15, -0.1) is 0 Å². The molecule has 1 aliphatic rings. The summed E-state index contributed by atoms with van der Waals surface area (Å²) in [5.41, 5.74) is 2.82. The standard InChI is InChI=1S/C17H25NO2/c1-3-11-18-17(19)16(4-2)20-15-10-9-13-7-5-6-8-14(13)12-15/h9-10,12,16H,3-8,11H2,1-2H3,(H,18,19)/t16-/m1/s1. The molecule has 0 aromatic heterocycles. The van der Waals surface area contributed by atoms with Crippen molar-refractivity contribution < 1.29 is 9.53 Å². The average Bonchev–Trinajstić information content (AvgIpc) is 2.50. The van der Waals surface area contributed by atoms with Gasteiger partial charge >= 0.3 is 0 Å². The van der Waals surface area contributed by atoms with Crippen molar-refractivity contribution >= 4 is 5.91 Å². The molecule has 110 valence electrons. The highest BCUT2D eigenvalue weighted by Crippen LogP contribution is 2.26. The second-order valence-corrected chi connectivity index (χ2v) is 5.44. The normalized spacial score (nSPS) is 15.3. The van der Waals surface area contributed by atoms with E-state index in [0.717, 1.165) is 18.6 Å². The first-order chi connectivity index (χ1) is 9.74. The van der Waals surface area contributed by atoms with Crippen molar-refractivity contribution in [3.8, 4) is 5.75 Å². The molecule has 0 saturated heterocycles. The highest BCUT2D eigenvalue weighted by atomic mass is 16.5. The molecule has 1 aromatic carbocycles. The van der Waals surface area contributed by atoms with Crippen LogP contribution in [-0.2, 0) is 17.6 Å². The number of hydrogen-bond acceptors (Lipinski definition) is 2. The topological polar surface area (TPSA) is 38.3 Å². The van der Waals surface area contributed by atoms with Crippen molar-refractivity contribution in [1.82, 2.24) is 5.32 Å². The Labute approximate surface area is 121 Å². The number of amides is 1. The summed E-state index contributed by atoms with van der Waals surface area (Å²) in [6, 6.07) is 6.27. The van der Waals surface area contributed by atoms with Gasteiger partial charge in [0, 0.05) is 6.54 Å². The molecule has 0 aliphatic heterocycles. The molecule has 0 radical (unpaired) electrons. The van der Waals surface area contributed by atoms with Gasteiger partial charge in [0.25, 0.3) is 5.91 Å². The summed E-state index contributed by atoms with van der Waals surface area (Å²) >= 11 is 0. The van der Waals surface area contributed by atoms with E-state index in [-0.39, 0.29) is 12.0 Å². The molecule has 20 heavy (non-hydrogen) atoms. The van der Waals surface area contributed by atoms with E-state index in [1.165, 1.54) is 30.4 Å². The molecule has 1 N–H and O–H groups in total. The summed E-state index contributed by atoms with van der Waals surface area (Å²) in [6.45, 7) is 4.74. The number of carbonyl (C=O) groups is 1. The lowest BCUT2D eigenvalue weighted by molar-refractivity contribution is -0.128. The predicted octanol–water partition coefficient (Wildman–Crippen LogP) is 3.25. The van der Waals surface area contributed by atoms with E-state index in [9.17, 15) is 4.79 Å². The quantitative estimate of drug-likeness (QED) is 0.865. The predicted molar refractivity (Wildman–Crippen MR) is 81.1 cm³/mol. The Bertz CT molecular complexity index is 456. The Morgan fingerprint density at radius 2 is 2.00 bits per heavy atom. The Balaban J connectivity index is 2.02. The van der Waals surface area contributed by atoms with Crippen molar-refractivity contribution in [2.45, 2.75) is 58.5 Å². The summed E-state index contributed by atoms with van der Waals surface area (Å²) in [4.78, 5) is 12.0. The minimum absolute atomic E-state index is 0.00734. The minimum atomic E-state index is -0.386. The van der Waals surface area contributed by atoms with Crippen LogP contribution in [0, 0.1) is 0 Å². The van der Waals surface area contributed by atoms with E-state index in [1.54, 1.807) is 0 Å². The second kappa shape index (κ2) is 7.32. The van der Waals surface area contributed by atoms with Crippen LogP contribution in [-0.4, -0.2) is 18.6 Å². The van der Waals surface area contributed by atoms with Gasteiger partial charge in [0.05, 0.1) is 0 Å². The van der Waals surface area contributed by atoms with Crippen molar-refractivity contribution in [2.75, 3.05) is 6.54 Å². The van der Waals surface area contributed by atoms with E-state index in [1.807, 2.05) is 19.9 Å². The maximum atomic E-state index is 12.0. The second-order valence-electron chi connectivity index (χ2n) is 5.44. The Morgan fingerprint density at radius 3 is 2.70 bits per heavy atom. The molecule has 0 unspecified atom stereocenters. The molecule has 0 spiro atoms. The van der Waals surface area contributed by atoms with E-state index >= 15 is 0 Å². The molecule has 1 aliphatic carbocycles. The summed E-state index contributed by atoms with van der Waals surface area (Å²) in [5, 5.41) is 2.90. The first-order valence-corrected chi connectivity index (χ1v) is 7.80. The molecule has 1 aromatic rings. The zero-order chi connectivity index (χ0) is 14.4. The fourth-order valence-corrected chi connectivity index (χ4v) is 2.63. The molecule has 2 rings (SSSR count). The summed E-state index contributed by atoms with van der Waals surface area (Å²) in [6.07, 6.45) is 6.08. The highest BCUT2D eigenvalue weighted by Gasteiger charge is 2.18. The van der Waals surface area contributed by atoms with Crippen LogP contribution in [0.1, 0.15) is 50.7 Å². The van der Waals surface area contributed by atoms with Crippen LogP contribution in [0.3, 0.4) is 0 Å². The number of carbonyl (C=O) groups excluding carboxylic acids is 1. The fourth-order valence-electron chi connectivity index (χ4n) is 2.63. The zero-order valence-corrected chi connectivity index (χ0v) is 12.6. The Hall–Kier alpha value is -1.51. The van der Waals surface area contributed by atoms with Gasteiger partial charge in [0.1, 0.15) is 5.75 Å². The van der Waals surface area contributed by atoms with Gasteiger partial charge in [-0.05, 0) is 61.8 Å². The van der Waals surface area contributed by atoms with Crippen LogP contribution in [0.4, 0.5) is 0 Å². The first kappa shape index (κ1) is 14.9. The van der Waals surface area contributed by atoms with Crippen LogP contribution in [0.25, 0.3) is 0 Å². The average molecular weight is 275 g/mol. The zero-order valence-electron chi connectivity index (χ0n) is 12.6. The molecule has 1 atom stereocenters. The number of nitrogens with one attached hydrogen (secondary N) is 1. The smallest absolute Gasteiger partial charge is 0.261 e. The largest absolute Gasteiger partial charge is 0.481 e. The molecule has 3 heteroatoms. The molecule has 0 heterocycles. The maximum Gasteiger partial charge on any atom is 0.261 e. The van der Waals surface area contributed by atoms with Crippen LogP contribution in [0.5, 0.6) is 5.75 Å². The molecule has 1 amide bonds. The van der Waals surface area contributed by atoms with Gasteiger partial charge in [0.15, 0.2) is 6.10 Å². The van der Waals surface area contributed by atoms with Crippen LogP contribution in [0.2, 0.25) is 0 Å². The number of benzene rings is 1. The van der Waals surface area contributed by atoms with Crippen LogP contribution < -0.4 is 10.1 Å². The van der Waals surface area contributed by atoms with Crippen LogP contribution >= 0.6 is 0 Å². The lowest BCUT2D eigenvalue weighted by Crippen LogP contribution is -2.38. The first-order valence-electron chi connectivity index (χ1n) is 7.80. The van der Waals surface area contributed by atoms with Gasteiger partial charge < -0.3 is 10.1 Å². The van der Waals surface area contributed by atoms with Gasteiger partial charge in [-0.25, -0.2) is 0 Å². The minimum Gasteiger partial charge on any atom is -0.481 e. The highest BCUT2D eigenvalue weighted by molar-refractivity contribution is 5.81. The van der Waals surface area contributed by atoms with Gasteiger partial charge in [-0.3, -0.25) is 4.79 Å². The van der Waals surface area contributed by atoms with Gasteiger partial charge in [0.2, 0.25) is 0 Å². The summed E-state index contributed by atoms with van der Waals surface area (Å²) in [5.74, 6) is 0.816. The molecular weight excluding hydrogens is 250 g/mol. The SMILES string of the molecule is CCCNC(=O)[C@@H](CC)Oc1ccc2c(c1)CCCC2. The third kappa shape index (κ3) is 3.75. The number of rotatable bonds is 6. The number of fused-ring (bicyclic) bond motifs is 1. The van der Waals surface area contributed by atoms with Gasteiger partial charge in [-0.1, -0.05) is 19.9 Å². The fraction of sp³-hybridized carbons (Fsp3) is 0.588. The van der Waals surface area contributed by atoms with Crippen molar-refractivity contribution in [1.29, 1.82) is 0 Å². The van der Waals surface area contributed by atoms with E-state index in [4.69, 9.17) is 4.74 Å². The van der Waals surface area contributed by atoms with E-state index in [2.05, 4.69) is 17.4 Å². The monoisotopic (exact) mass is 275 g/mol. The van der Waals surface area contributed by atoms with Crippen molar-refractivity contribution in [3.05, 3.63) is 29.3 Å². The van der Waals surface area contributed by atoms with Gasteiger partial charge in [-0.2, -0.15) is 0 Å². The number of hydrogen-bond donors (Lipinski definition) is 1. The summed E-state index contributed by atoms with van der Waals surface area (Å²) < 4.78 is 5.88. The van der Waals surface area contributed by atoms with E-state index in [0.29, 0.717) is 13.0 Å². The van der Waals surface area contributed by atoms with Crippen molar-refractivity contribution in [3.63, 3.8) is 0 Å². The summed E-state index contributed by atoms with van der Waals surface area (Å²) in [7, 11) is 0. The van der Waals surface area contributed by atoms with Crippen molar-refractivity contribution in [2.24, 2.45) is 0 Å². The Morgan fingerprint density at radius 1 is 1.25 bits per heavy atom. The number of ether oxygens (including phenoxy) is 1. The van der Waals surface area contributed by atoms with Crippen LogP contribution in [0.15, 0.2) is 18.2 Å². The molecule has 0 saturated carbocycles. The van der Waals surface area contributed by atoms with E-state index < -0.39 is 0 Å². The third-order valence-electron chi connectivity index (χ3n) is 3.81. The Kier molecular flexibility index (Phi) is 5.45. The molecule has 0 fully saturated rings. The molecular formula is C17H25NO2. The lowest BCUT2D eigenvalue weighted by Gasteiger charge is -2.20. The maximum absolute atomic E-state index is 12.0. The third-order valence-corrected chi connectivity index (χ3v) is 3.81. The molecule has 3 nitrogen and oxygen atoms in total. The molecule has 0 bridgehead atoms. The number of aryl methyl sites for hydroxylation is 2.